The van der Waals surface area contributed by atoms with Crippen molar-refractivity contribution in [3.05, 3.63) is 0 Å². The third kappa shape index (κ3) is 1.70. The molecule has 1 aliphatic heterocycles. The van der Waals surface area contributed by atoms with Crippen molar-refractivity contribution in [1.29, 1.82) is 0 Å². The van der Waals surface area contributed by atoms with Crippen molar-refractivity contribution >= 4 is 28.3 Å². The molecule has 1 heterocycles. The summed E-state index contributed by atoms with van der Waals surface area (Å²) >= 11 is 7.01. The maximum Gasteiger partial charge on any atom is 0.134 e. The summed E-state index contributed by atoms with van der Waals surface area (Å²) in [6.07, 6.45) is 6.90. The van der Waals surface area contributed by atoms with Crippen LogP contribution in [0.3, 0.4) is 0 Å². The molecule has 2 fully saturated rings. The Kier molecular flexibility index (Phi) is 2.37. The van der Waals surface area contributed by atoms with Gasteiger partial charge in [-0.25, -0.2) is 0 Å². The topological polar surface area (TPSA) is 12.0 Å². The Morgan fingerprint density at radius 3 is 3.00 bits per heavy atom. The second kappa shape index (κ2) is 3.31. The maximum absolute atomic E-state index is 5.13. The standard InChI is InChI=1S/C8H13NS2/c10-8-9-6-4-2-1-3-5-7(6)11-8/h6-7H,1-5H2,(H,9,10). The molecule has 0 bridgehead atoms. The molecule has 0 spiro atoms. The van der Waals surface area contributed by atoms with Crippen molar-refractivity contribution in [2.24, 2.45) is 0 Å². The van der Waals surface area contributed by atoms with Crippen LogP contribution >= 0.6 is 24.0 Å². The summed E-state index contributed by atoms with van der Waals surface area (Å²) in [5, 5.41) is 4.19. The predicted molar refractivity (Wildman–Crippen MR) is 54.0 cm³/mol. The Hall–Kier alpha value is 0.240. The van der Waals surface area contributed by atoms with Crippen LogP contribution in [0.5, 0.6) is 0 Å². The van der Waals surface area contributed by atoms with Crippen LogP contribution in [0.2, 0.25) is 0 Å². The molecular formula is C8H13NS2. The Morgan fingerprint density at radius 1 is 1.27 bits per heavy atom. The van der Waals surface area contributed by atoms with Crippen LogP contribution < -0.4 is 5.32 Å². The highest BCUT2D eigenvalue weighted by Gasteiger charge is 2.31. The summed E-state index contributed by atoms with van der Waals surface area (Å²) in [6, 6.07) is 0.704. The minimum absolute atomic E-state index is 0.704. The van der Waals surface area contributed by atoms with Gasteiger partial charge in [-0.05, 0) is 12.8 Å². The normalized spacial score (nSPS) is 37.6. The molecule has 0 aromatic carbocycles. The zero-order chi connectivity index (χ0) is 7.68. The van der Waals surface area contributed by atoms with Crippen molar-refractivity contribution < 1.29 is 0 Å². The fraction of sp³-hybridized carbons (Fsp3) is 0.875. The number of thioether (sulfide) groups is 1. The van der Waals surface area contributed by atoms with Gasteiger partial charge in [0, 0.05) is 11.3 Å². The van der Waals surface area contributed by atoms with Gasteiger partial charge in [-0.2, -0.15) is 0 Å². The van der Waals surface area contributed by atoms with Crippen LogP contribution in [0, 0.1) is 0 Å². The van der Waals surface area contributed by atoms with Gasteiger partial charge in [-0.15, -0.1) is 0 Å². The fourth-order valence-corrected chi connectivity index (χ4v) is 3.57. The van der Waals surface area contributed by atoms with E-state index in [0.29, 0.717) is 6.04 Å². The highest BCUT2D eigenvalue weighted by Crippen LogP contribution is 2.33. The van der Waals surface area contributed by atoms with Gasteiger partial charge in [-0.3, -0.25) is 0 Å². The van der Waals surface area contributed by atoms with Crippen LogP contribution in [0.1, 0.15) is 32.1 Å². The van der Waals surface area contributed by atoms with E-state index in [9.17, 15) is 0 Å². The molecule has 1 saturated heterocycles. The first kappa shape index (κ1) is 7.87. The SMILES string of the molecule is S=C1NC2CCCCCC2S1. The van der Waals surface area contributed by atoms with E-state index in [-0.39, 0.29) is 0 Å². The Morgan fingerprint density at radius 2 is 2.09 bits per heavy atom. The van der Waals surface area contributed by atoms with E-state index in [1.54, 1.807) is 0 Å². The number of thiocarbonyl (C=S) groups is 1. The first-order valence-corrected chi connectivity index (χ1v) is 5.62. The third-order valence-corrected chi connectivity index (χ3v) is 4.12. The smallest absolute Gasteiger partial charge is 0.134 e. The van der Waals surface area contributed by atoms with Crippen LogP contribution in [-0.2, 0) is 0 Å². The van der Waals surface area contributed by atoms with Gasteiger partial charge in [0.25, 0.3) is 0 Å². The highest BCUT2D eigenvalue weighted by molar-refractivity contribution is 8.23. The zero-order valence-corrected chi connectivity index (χ0v) is 8.14. The van der Waals surface area contributed by atoms with E-state index < -0.39 is 0 Å². The Bertz CT molecular complexity index is 153. The molecule has 62 valence electrons. The minimum atomic E-state index is 0.704. The molecule has 11 heavy (non-hydrogen) atoms. The summed E-state index contributed by atoms with van der Waals surface area (Å²) in [6.45, 7) is 0. The number of hydrogen-bond acceptors (Lipinski definition) is 2. The lowest BCUT2D eigenvalue weighted by Crippen LogP contribution is -2.29. The quantitative estimate of drug-likeness (QED) is 0.584. The summed E-state index contributed by atoms with van der Waals surface area (Å²) in [5.74, 6) is 0. The molecule has 0 aromatic heterocycles. The van der Waals surface area contributed by atoms with Gasteiger partial charge in [0.1, 0.15) is 4.32 Å². The largest absolute Gasteiger partial charge is 0.367 e. The second-order valence-corrected chi connectivity index (χ2v) is 5.25. The number of hydrogen-bond donors (Lipinski definition) is 1. The molecule has 1 aliphatic carbocycles. The van der Waals surface area contributed by atoms with Gasteiger partial charge < -0.3 is 5.32 Å². The predicted octanol–water partition coefficient (Wildman–Crippen LogP) is 2.31. The first-order chi connectivity index (χ1) is 5.36. The molecule has 0 radical (unpaired) electrons. The first-order valence-electron chi connectivity index (χ1n) is 4.33. The lowest BCUT2D eigenvalue weighted by molar-refractivity contribution is 0.563. The summed E-state index contributed by atoms with van der Waals surface area (Å²) in [4.78, 5) is 0. The van der Waals surface area contributed by atoms with Gasteiger partial charge in [-0.1, -0.05) is 43.2 Å². The van der Waals surface area contributed by atoms with Crippen molar-refractivity contribution in [3.63, 3.8) is 0 Å². The lowest BCUT2D eigenvalue weighted by Gasteiger charge is -2.12. The average Bonchev–Trinajstić information content (AvgIpc) is 2.17. The average molecular weight is 187 g/mol. The van der Waals surface area contributed by atoms with Crippen molar-refractivity contribution in [2.45, 2.75) is 43.4 Å². The molecule has 2 aliphatic rings. The molecule has 1 saturated carbocycles. The van der Waals surface area contributed by atoms with Crippen LogP contribution in [0.15, 0.2) is 0 Å². The van der Waals surface area contributed by atoms with E-state index in [0.717, 1.165) is 9.57 Å². The van der Waals surface area contributed by atoms with Crippen LogP contribution in [-0.4, -0.2) is 15.6 Å². The number of fused-ring (bicyclic) bond motifs is 1. The number of rotatable bonds is 0. The molecular weight excluding hydrogens is 174 g/mol. The van der Waals surface area contributed by atoms with Crippen molar-refractivity contribution in [2.75, 3.05) is 0 Å². The minimum Gasteiger partial charge on any atom is -0.367 e. The molecule has 2 rings (SSSR count). The molecule has 0 aromatic rings. The van der Waals surface area contributed by atoms with Crippen molar-refractivity contribution in [1.82, 2.24) is 5.32 Å². The zero-order valence-electron chi connectivity index (χ0n) is 6.51. The van der Waals surface area contributed by atoms with Gasteiger partial charge >= 0.3 is 0 Å². The molecule has 2 unspecified atom stereocenters. The molecule has 3 heteroatoms. The van der Waals surface area contributed by atoms with Crippen molar-refractivity contribution in [3.8, 4) is 0 Å². The van der Waals surface area contributed by atoms with E-state index in [2.05, 4.69) is 5.32 Å². The van der Waals surface area contributed by atoms with E-state index in [1.807, 2.05) is 11.8 Å². The number of nitrogens with one attached hydrogen (secondary N) is 1. The Balaban J connectivity index is 2.01. The van der Waals surface area contributed by atoms with E-state index >= 15 is 0 Å². The highest BCUT2D eigenvalue weighted by atomic mass is 32.2. The summed E-state index contributed by atoms with van der Waals surface area (Å²) in [7, 11) is 0. The Labute approximate surface area is 77.3 Å². The van der Waals surface area contributed by atoms with Gasteiger partial charge in [0.15, 0.2) is 0 Å². The maximum atomic E-state index is 5.13. The van der Waals surface area contributed by atoms with Crippen LogP contribution in [0.25, 0.3) is 0 Å². The van der Waals surface area contributed by atoms with Crippen LogP contribution in [0.4, 0.5) is 0 Å². The second-order valence-electron chi connectivity index (χ2n) is 3.33. The monoisotopic (exact) mass is 187 g/mol. The molecule has 1 N–H and O–H groups in total. The van der Waals surface area contributed by atoms with E-state index in [1.165, 1.54) is 32.1 Å². The van der Waals surface area contributed by atoms with E-state index in [4.69, 9.17) is 12.2 Å². The summed E-state index contributed by atoms with van der Waals surface area (Å²) in [5.41, 5.74) is 0. The van der Waals surface area contributed by atoms with Gasteiger partial charge in [0.05, 0.1) is 0 Å². The van der Waals surface area contributed by atoms with Gasteiger partial charge in [0.2, 0.25) is 0 Å². The third-order valence-electron chi connectivity index (χ3n) is 2.51. The fourth-order valence-electron chi connectivity index (χ4n) is 1.90. The molecule has 2 atom stereocenters. The lowest BCUT2D eigenvalue weighted by atomic mass is 10.1. The molecule has 0 amide bonds. The summed E-state index contributed by atoms with van der Waals surface area (Å²) < 4.78 is 1.03. The molecule has 1 nitrogen and oxygen atoms in total.